The average Bonchev–Trinajstić information content (AvgIpc) is 3.70. The molecule has 2 aromatic heterocycles. The number of Topliss-reactive ketones (excluding diaryl/α,β-unsaturated/α-hetero) is 2. The van der Waals surface area contributed by atoms with E-state index in [9.17, 15) is 40.0 Å². The topological polar surface area (TPSA) is 239 Å². The van der Waals surface area contributed by atoms with Gasteiger partial charge < -0.3 is 30.4 Å². The molecule has 2 aromatic rings. The second-order valence-electron chi connectivity index (χ2n) is 12.8. The molecule has 0 aliphatic heterocycles. The number of ketones is 2. The third kappa shape index (κ3) is 11.7. The molecule has 0 amide bonds. The molecule has 0 saturated carbocycles. The van der Waals surface area contributed by atoms with Gasteiger partial charge in [-0.25, -0.2) is 0 Å². The molecule has 299 valence electrons. The first kappa shape index (κ1) is 46.6. The number of hydrogen-bond donors (Lipinski definition) is 2. The Kier molecular flexibility index (Phi) is 18.2. The molecule has 16 nitrogen and oxygen atoms in total. The monoisotopic (exact) mass is 841 g/mol. The van der Waals surface area contributed by atoms with Crippen molar-refractivity contribution in [2.75, 3.05) is 0 Å². The number of aromatic nitrogens is 2. The standard InChI is InChI=1S/2C18H24N4O4S.Co/c2*1-5-6-7-8-9-13-10(2)14(16(24)11(3)15(13)23)20-21-18-19-12(4)17(27-18)22(25)26;/h2*5-9H2,1-4H3,(H2,19,21,23,24);/q;;+2/p-2. The van der Waals surface area contributed by atoms with E-state index in [0.29, 0.717) is 35.1 Å². The van der Waals surface area contributed by atoms with E-state index < -0.39 is 9.85 Å². The van der Waals surface area contributed by atoms with E-state index >= 15 is 0 Å². The van der Waals surface area contributed by atoms with Gasteiger partial charge in [-0.05, 0) is 78.4 Å². The number of allylic oxidation sites excluding steroid dienone is 6. The van der Waals surface area contributed by atoms with Crippen LogP contribution in [-0.4, -0.2) is 43.0 Å². The Morgan fingerprint density at radius 3 is 1.22 bits per heavy atom. The van der Waals surface area contributed by atoms with Crippen LogP contribution in [0.4, 0.5) is 10.0 Å². The summed E-state index contributed by atoms with van der Waals surface area (Å²) in [7, 11) is 0. The Morgan fingerprint density at radius 2 is 0.927 bits per heavy atom. The summed E-state index contributed by atoms with van der Waals surface area (Å²) in [5.41, 5.74) is 3.89. The first-order chi connectivity index (χ1) is 25.5. The first-order valence-corrected chi connectivity index (χ1v) is 19.3. The third-order valence-corrected chi connectivity index (χ3v) is 10.9. The summed E-state index contributed by atoms with van der Waals surface area (Å²) in [6.45, 7) is 13.9. The second-order valence-corrected chi connectivity index (χ2v) is 14.7. The van der Waals surface area contributed by atoms with Crippen molar-refractivity contribution in [2.45, 2.75) is 120 Å². The molecule has 0 atom stereocenters. The molecule has 0 fully saturated rings. The molecule has 2 N–H and O–H groups in total. The van der Waals surface area contributed by atoms with Crippen molar-refractivity contribution in [3.05, 3.63) is 86.2 Å². The molecule has 0 aromatic carbocycles. The number of rotatable bonds is 14. The Morgan fingerprint density at radius 1 is 0.582 bits per heavy atom. The minimum atomic E-state index is -0.514. The van der Waals surface area contributed by atoms with Crippen molar-refractivity contribution in [1.29, 1.82) is 0 Å². The summed E-state index contributed by atoms with van der Waals surface area (Å²) in [4.78, 5) is 54.1. The maximum Gasteiger partial charge on any atom is 2.00 e. The van der Waals surface area contributed by atoms with Crippen molar-refractivity contribution < 1.29 is 46.4 Å². The molecule has 4 rings (SSSR count). The smallest absolute Gasteiger partial charge is 0.505 e. The summed E-state index contributed by atoms with van der Waals surface area (Å²) in [5, 5.41) is 58.4. The van der Waals surface area contributed by atoms with Crippen LogP contribution in [0.1, 0.15) is 117 Å². The van der Waals surface area contributed by atoms with Crippen LogP contribution < -0.4 is 19.6 Å². The van der Waals surface area contributed by atoms with Gasteiger partial charge in [0.25, 0.3) is 0 Å². The van der Waals surface area contributed by atoms with Crippen molar-refractivity contribution in [2.24, 2.45) is 20.4 Å². The number of aliphatic hydroxyl groups excluding tert-OH is 2. The van der Waals surface area contributed by atoms with E-state index in [0.717, 1.165) is 74.0 Å². The number of aliphatic hydroxyl groups is 2. The van der Waals surface area contributed by atoms with Crippen molar-refractivity contribution in [1.82, 2.24) is 9.97 Å². The number of thiazole rings is 2. The van der Waals surface area contributed by atoms with Gasteiger partial charge in [-0.2, -0.15) is 0 Å². The summed E-state index contributed by atoms with van der Waals surface area (Å²) in [5.74, 6) is -0.745. The zero-order valence-electron chi connectivity index (χ0n) is 32.1. The van der Waals surface area contributed by atoms with Gasteiger partial charge >= 0.3 is 26.8 Å². The average molecular weight is 842 g/mol. The maximum atomic E-state index is 12.5. The zero-order chi connectivity index (χ0) is 40.3. The number of aryl methyl sites for hydroxylation is 2. The Bertz CT molecular complexity index is 1990. The van der Waals surface area contributed by atoms with Gasteiger partial charge in [-0.15, -0.1) is 0 Å². The molecule has 0 bridgehead atoms. The number of hydrogen-bond acceptors (Lipinski definition) is 14. The van der Waals surface area contributed by atoms with E-state index in [-0.39, 0.29) is 93.4 Å². The van der Waals surface area contributed by atoms with E-state index in [1.54, 1.807) is 27.7 Å². The molecule has 1 radical (unpaired) electrons. The molecular formula is C36H46CoN8O8S2. The summed E-state index contributed by atoms with van der Waals surface area (Å²) in [6.07, 6.45) is 9.53. The molecule has 55 heavy (non-hydrogen) atoms. The molecule has 2 aliphatic rings. The van der Waals surface area contributed by atoms with Crippen molar-refractivity contribution >= 4 is 55.7 Å². The van der Waals surface area contributed by atoms with E-state index in [1.807, 2.05) is 0 Å². The summed E-state index contributed by atoms with van der Waals surface area (Å²) < 4.78 is 0. The van der Waals surface area contributed by atoms with Gasteiger partial charge in [0.2, 0.25) is 0 Å². The molecule has 19 heteroatoms. The van der Waals surface area contributed by atoms with Gasteiger partial charge in [0, 0.05) is 43.3 Å². The van der Waals surface area contributed by atoms with Gasteiger partial charge in [0.05, 0.1) is 9.85 Å². The molecule has 0 saturated heterocycles. The van der Waals surface area contributed by atoms with E-state index in [2.05, 4.69) is 44.2 Å². The van der Waals surface area contributed by atoms with Gasteiger partial charge in [-0.1, -0.05) is 75.0 Å². The number of unbranched alkanes of at least 4 members (excludes halogenated alkanes) is 6. The number of nitrogens with zero attached hydrogens (tertiary/aromatic N) is 8. The molecular weight excluding hydrogens is 796 g/mol. The maximum absolute atomic E-state index is 12.5. The normalized spacial score (nSPS) is 17.1. The van der Waals surface area contributed by atoms with Gasteiger partial charge in [0.1, 0.15) is 22.9 Å². The molecule has 2 heterocycles. The van der Waals surface area contributed by atoms with Crippen molar-refractivity contribution in [3.63, 3.8) is 0 Å². The number of carbonyl (C=O) groups is 2. The van der Waals surface area contributed by atoms with Crippen LogP contribution in [0.2, 0.25) is 0 Å². The summed E-state index contributed by atoms with van der Waals surface area (Å²) in [6, 6.07) is 0. The fraction of sp³-hybridized carbons (Fsp3) is 0.500. The number of carbonyl (C=O) groups excluding carboxylic acids is 2. The fourth-order valence-electron chi connectivity index (χ4n) is 5.67. The Balaban J connectivity index is 0.000000373. The quantitative estimate of drug-likeness (QED) is 0.0811. The van der Waals surface area contributed by atoms with Gasteiger partial charge in [0.15, 0.2) is 11.6 Å². The number of nitro groups is 2. The fourth-order valence-corrected chi connectivity index (χ4v) is 7.08. The first-order valence-electron chi connectivity index (χ1n) is 17.7. The van der Waals surface area contributed by atoms with Crippen LogP contribution >= 0.6 is 22.7 Å². The van der Waals surface area contributed by atoms with Crippen LogP contribution in [0, 0.1) is 34.1 Å². The Labute approximate surface area is 336 Å². The zero-order valence-corrected chi connectivity index (χ0v) is 34.8. The van der Waals surface area contributed by atoms with E-state index in [1.165, 1.54) is 13.8 Å². The van der Waals surface area contributed by atoms with Crippen LogP contribution in [0.15, 0.2) is 65.4 Å². The molecule has 0 unspecified atom stereocenters. The SMILES string of the molecule is CCCCCCC1=C(C)/C(=N\N=c2/[n-]c(C)c([N+](=O)[O-])s2)C(O)=C(C)C1=O.CCCCCCC1=C(C)/C(=N\N=c2/[n-]c(C)c([N+](=O)[O-])s2)C(O)=C(C)C1=O.[Co+2]. The summed E-state index contributed by atoms with van der Waals surface area (Å²) >= 11 is 1.63. The van der Waals surface area contributed by atoms with E-state index in [4.69, 9.17) is 0 Å². The molecule has 2 aliphatic carbocycles. The predicted octanol–water partition coefficient (Wildman–Crippen LogP) is 7.76. The Hall–Kier alpha value is -4.59. The second kappa shape index (κ2) is 21.5. The third-order valence-electron chi connectivity index (χ3n) is 8.89. The van der Waals surface area contributed by atoms with Crippen LogP contribution in [-0.2, 0) is 26.4 Å². The van der Waals surface area contributed by atoms with Crippen LogP contribution in [0.25, 0.3) is 0 Å². The van der Waals surface area contributed by atoms with Gasteiger partial charge in [-0.3, -0.25) is 40.0 Å². The van der Waals surface area contributed by atoms with Crippen molar-refractivity contribution in [3.8, 4) is 0 Å². The largest absolute Gasteiger partial charge is 2.00 e. The predicted molar refractivity (Wildman–Crippen MR) is 208 cm³/mol. The van der Waals surface area contributed by atoms with Crippen LogP contribution in [0.3, 0.4) is 0 Å². The minimum Gasteiger partial charge on any atom is -0.505 e. The molecule has 0 spiro atoms. The van der Waals surface area contributed by atoms with Crippen LogP contribution in [0.5, 0.6) is 0 Å². The minimum absolute atomic E-state index is 0.